The van der Waals surface area contributed by atoms with Gasteiger partial charge in [0.1, 0.15) is 0 Å². The lowest BCUT2D eigenvalue weighted by Gasteiger charge is -2.20. The molecule has 0 spiro atoms. The Hall–Kier alpha value is -2.54. The third kappa shape index (κ3) is 4.81. The lowest BCUT2D eigenvalue weighted by Crippen LogP contribution is -2.17. The lowest BCUT2D eigenvalue weighted by atomic mass is 9.89. The number of halogens is 3. The monoisotopic (exact) mass is 515 g/mol. The summed E-state index contributed by atoms with van der Waals surface area (Å²) in [5, 5.41) is 18.3. The topological polar surface area (TPSA) is 68.8 Å². The molecule has 9 heteroatoms. The van der Waals surface area contributed by atoms with E-state index in [1.807, 2.05) is 37.3 Å². The molecule has 4 aromatic rings. The minimum atomic E-state index is 0.350. The van der Waals surface area contributed by atoms with Crippen LogP contribution in [0, 0.1) is 12.8 Å². The Balaban J connectivity index is 1.52. The minimum absolute atomic E-state index is 0.350. The van der Waals surface area contributed by atoms with Crippen LogP contribution >= 0.6 is 34.8 Å². The maximum absolute atomic E-state index is 6.55. The summed E-state index contributed by atoms with van der Waals surface area (Å²) in [4.78, 5) is 0. The molecule has 0 saturated heterocycles. The minimum Gasteiger partial charge on any atom is -0.402 e. The first-order valence-electron chi connectivity index (χ1n) is 11.4. The highest BCUT2D eigenvalue weighted by Gasteiger charge is 2.24. The van der Waals surface area contributed by atoms with Crippen LogP contribution in [0.4, 0.5) is 6.01 Å². The van der Waals surface area contributed by atoms with Gasteiger partial charge >= 0.3 is 6.01 Å². The van der Waals surface area contributed by atoms with E-state index in [2.05, 4.69) is 15.5 Å². The van der Waals surface area contributed by atoms with Crippen molar-refractivity contribution in [3.8, 4) is 28.5 Å². The smallest absolute Gasteiger partial charge is 0.315 e. The summed E-state index contributed by atoms with van der Waals surface area (Å²) in [5.74, 6) is 0.997. The number of hydrogen-bond acceptors (Lipinski definition) is 5. The molecule has 0 amide bonds. The van der Waals surface area contributed by atoms with Gasteiger partial charge in [0, 0.05) is 27.7 Å². The van der Waals surface area contributed by atoms with Gasteiger partial charge in [-0.25, -0.2) is 4.68 Å². The molecule has 1 aliphatic rings. The highest BCUT2D eigenvalue weighted by atomic mass is 35.5. The van der Waals surface area contributed by atoms with E-state index in [1.54, 1.807) is 16.8 Å². The Labute approximate surface area is 213 Å². The van der Waals surface area contributed by atoms with Crippen LogP contribution in [0.3, 0.4) is 0 Å². The second-order valence-electron chi connectivity index (χ2n) is 8.63. The van der Waals surface area contributed by atoms with Gasteiger partial charge in [0.2, 0.25) is 0 Å². The Bertz CT molecular complexity index is 1290. The van der Waals surface area contributed by atoms with Crippen molar-refractivity contribution in [2.45, 2.75) is 39.0 Å². The first-order chi connectivity index (χ1) is 16.5. The van der Waals surface area contributed by atoms with Crippen molar-refractivity contribution in [2.75, 3.05) is 11.9 Å². The SMILES string of the molecule is Cc1c(-c2nnc(NCC3CCCCC3)o2)nn(-c2ccc(Cl)cc2Cl)c1-c1ccc(Cl)cc1. The standard InChI is InChI=1S/C25H24Cl3N5O/c1-15-22(24-30-31-25(34-24)29-14-16-5-3-2-4-6-16)32-33(21-12-11-19(27)13-20(21)28)23(15)17-7-9-18(26)10-8-17/h7-13,16H,2-6,14H2,1H3,(H,29,31). The average Bonchev–Trinajstić information content (AvgIpc) is 3.43. The number of benzene rings is 2. The summed E-state index contributed by atoms with van der Waals surface area (Å²) in [6.07, 6.45) is 6.39. The highest BCUT2D eigenvalue weighted by molar-refractivity contribution is 6.35. The molecular weight excluding hydrogens is 493 g/mol. The largest absolute Gasteiger partial charge is 0.402 e. The molecule has 0 bridgehead atoms. The van der Waals surface area contributed by atoms with Crippen molar-refractivity contribution in [2.24, 2.45) is 5.92 Å². The fourth-order valence-corrected chi connectivity index (χ4v) is 5.10. The van der Waals surface area contributed by atoms with Crippen LogP contribution in [-0.4, -0.2) is 26.5 Å². The van der Waals surface area contributed by atoms with Gasteiger partial charge in [-0.1, -0.05) is 71.3 Å². The van der Waals surface area contributed by atoms with Gasteiger partial charge in [0.05, 0.1) is 16.4 Å². The third-order valence-electron chi connectivity index (χ3n) is 6.27. The summed E-state index contributed by atoms with van der Waals surface area (Å²) in [7, 11) is 0. The summed E-state index contributed by atoms with van der Waals surface area (Å²) in [6.45, 7) is 2.82. The van der Waals surface area contributed by atoms with Crippen LogP contribution in [0.1, 0.15) is 37.7 Å². The molecule has 1 aliphatic carbocycles. The zero-order valence-corrected chi connectivity index (χ0v) is 21.0. The van der Waals surface area contributed by atoms with E-state index in [9.17, 15) is 0 Å². The quantitative estimate of drug-likeness (QED) is 0.282. The van der Waals surface area contributed by atoms with E-state index < -0.39 is 0 Å². The van der Waals surface area contributed by atoms with E-state index in [1.165, 1.54) is 32.1 Å². The average molecular weight is 517 g/mol. The van der Waals surface area contributed by atoms with Crippen molar-refractivity contribution in [3.05, 3.63) is 63.1 Å². The second-order valence-corrected chi connectivity index (χ2v) is 9.91. The Kier molecular flexibility index (Phi) is 6.82. The summed E-state index contributed by atoms with van der Waals surface area (Å²) >= 11 is 18.8. The Morgan fingerprint density at radius 2 is 1.71 bits per heavy atom. The molecule has 0 unspecified atom stereocenters. The maximum Gasteiger partial charge on any atom is 0.315 e. The van der Waals surface area contributed by atoms with Gasteiger partial charge in [-0.3, -0.25) is 0 Å². The van der Waals surface area contributed by atoms with Gasteiger partial charge in [0.25, 0.3) is 5.89 Å². The lowest BCUT2D eigenvalue weighted by molar-refractivity contribution is 0.371. The van der Waals surface area contributed by atoms with Gasteiger partial charge in [-0.15, -0.1) is 5.10 Å². The molecule has 1 fully saturated rings. The Morgan fingerprint density at radius 1 is 0.971 bits per heavy atom. The van der Waals surface area contributed by atoms with Gasteiger partial charge in [-0.2, -0.15) is 5.10 Å². The van der Waals surface area contributed by atoms with Crippen molar-refractivity contribution >= 4 is 40.8 Å². The van der Waals surface area contributed by atoms with Gasteiger partial charge < -0.3 is 9.73 Å². The van der Waals surface area contributed by atoms with Crippen LogP contribution in [0.2, 0.25) is 15.1 Å². The van der Waals surface area contributed by atoms with Crippen molar-refractivity contribution in [3.63, 3.8) is 0 Å². The van der Waals surface area contributed by atoms with Crippen LogP contribution in [0.5, 0.6) is 0 Å². The third-order valence-corrected chi connectivity index (χ3v) is 7.06. The molecule has 2 aromatic carbocycles. The molecule has 2 heterocycles. The van der Waals surface area contributed by atoms with Crippen molar-refractivity contribution < 1.29 is 4.42 Å². The molecular formula is C25H24Cl3N5O. The van der Waals surface area contributed by atoms with Crippen LogP contribution in [0.25, 0.3) is 28.5 Å². The summed E-state index contributed by atoms with van der Waals surface area (Å²) in [6, 6.07) is 13.3. The van der Waals surface area contributed by atoms with Crippen molar-refractivity contribution in [1.82, 2.24) is 20.0 Å². The number of hydrogen-bond donors (Lipinski definition) is 1. The predicted octanol–water partition coefficient (Wildman–Crippen LogP) is 7.85. The molecule has 0 radical (unpaired) electrons. The fourth-order valence-electron chi connectivity index (χ4n) is 4.49. The van der Waals surface area contributed by atoms with E-state index in [0.717, 1.165) is 23.4 Å². The zero-order valence-electron chi connectivity index (χ0n) is 18.7. The van der Waals surface area contributed by atoms with E-state index in [-0.39, 0.29) is 0 Å². The van der Waals surface area contributed by atoms with Crippen LogP contribution in [-0.2, 0) is 0 Å². The zero-order chi connectivity index (χ0) is 23.7. The molecule has 0 aliphatic heterocycles. The molecule has 5 rings (SSSR count). The normalized spacial score (nSPS) is 14.5. The van der Waals surface area contributed by atoms with Crippen molar-refractivity contribution in [1.29, 1.82) is 0 Å². The van der Waals surface area contributed by atoms with E-state index >= 15 is 0 Å². The molecule has 2 aromatic heterocycles. The van der Waals surface area contributed by atoms with Gasteiger partial charge in [0.15, 0.2) is 5.69 Å². The molecule has 6 nitrogen and oxygen atoms in total. The second kappa shape index (κ2) is 9.98. The molecule has 1 N–H and O–H groups in total. The van der Waals surface area contributed by atoms with E-state index in [0.29, 0.717) is 44.3 Å². The number of anilines is 1. The van der Waals surface area contributed by atoms with E-state index in [4.69, 9.17) is 44.3 Å². The summed E-state index contributed by atoms with van der Waals surface area (Å²) in [5.41, 5.74) is 3.96. The predicted molar refractivity (Wildman–Crippen MR) is 137 cm³/mol. The first kappa shape index (κ1) is 23.2. The molecule has 34 heavy (non-hydrogen) atoms. The van der Waals surface area contributed by atoms with Crippen LogP contribution < -0.4 is 5.32 Å². The van der Waals surface area contributed by atoms with Gasteiger partial charge in [-0.05, 0) is 56.0 Å². The maximum atomic E-state index is 6.55. The number of nitrogens with zero attached hydrogens (tertiary/aromatic N) is 4. The fraction of sp³-hybridized carbons (Fsp3) is 0.320. The molecule has 176 valence electrons. The molecule has 0 atom stereocenters. The number of aromatic nitrogens is 4. The first-order valence-corrected chi connectivity index (χ1v) is 12.5. The number of nitrogens with one attached hydrogen (secondary N) is 1. The Morgan fingerprint density at radius 3 is 2.44 bits per heavy atom. The molecule has 1 saturated carbocycles. The highest BCUT2D eigenvalue weighted by Crippen LogP contribution is 2.36. The van der Waals surface area contributed by atoms with Crippen LogP contribution in [0.15, 0.2) is 46.9 Å². The summed E-state index contributed by atoms with van der Waals surface area (Å²) < 4.78 is 7.75. The number of rotatable bonds is 6.